The molecule has 1 amide bonds. The third kappa shape index (κ3) is 6.14. The van der Waals surface area contributed by atoms with Gasteiger partial charge in [-0.1, -0.05) is 18.2 Å². The van der Waals surface area contributed by atoms with Crippen LogP contribution in [-0.2, 0) is 4.79 Å². The second kappa shape index (κ2) is 12.5. The number of nitrogens with two attached hydrogens (primary N) is 1. The molecule has 0 bridgehead atoms. The highest BCUT2D eigenvalue weighted by Gasteiger charge is 2.33. The standard InChI is InChI=1S/C32H30F2N6O3/c1-18(41)25(15-35)32(43)40-11-3-4-19(16-40)12-20-9-10-37-29(27-28(20)38-17-39-31(27)36)24-8-7-22(14-26(24)34)30(42)21-5-2-6-23(33)13-21/h2,5-8,13-14,17,19-20,41H,3-4,9-12,16H2,1H3,(H2,36,38,39)/b25-18+. The summed E-state index contributed by atoms with van der Waals surface area (Å²) < 4.78 is 29.3. The van der Waals surface area contributed by atoms with E-state index in [1.54, 1.807) is 11.0 Å². The van der Waals surface area contributed by atoms with Gasteiger partial charge in [-0.25, -0.2) is 18.7 Å². The van der Waals surface area contributed by atoms with Gasteiger partial charge in [0.1, 0.15) is 35.6 Å². The minimum atomic E-state index is -0.685. The Labute approximate surface area is 247 Å². The van der Waals surface area contributed by atoms with Crippen molar-refractivity contribution in [2.75, 3.05) is 25.4 Å². The van der Waals surface area contributed by atoms with E-state index in [0.29, 0.717) is 49.4 Å². The van der Waals surface area contributed by atoms with Crippen LogP contribution in [0.5, 0.6) is 0 Å². The van der Waals surface area contributed by atoms with E-state index in [4.69, 9.17) is 5.73 Å². The average molecular weight is 585 g/mol. The molecule has 2 unspecified atom stereocenters. The minimum absolute atomic E-state index is 0.0682. The second-order valence-corrected chi connectivity index (χ2v) is 10.8. The number of fused-ring (bicyclic) bond motifs is 1. The van der Waals surface area contributed by atoms with Crippen LogP contribution in [0, 0.1) is 28.9 Å². The maximum Gasteiger partial charge on any atom is 0.267 e. The summed E-state index contributed by atoms with van der Waals surface area (Å²) in [5.41, 5.74) is 7.76. The van der Waals surface area contributed by atoms with Crippen molar-refractivity contribution in [3.8, 4) is 6.07 Å². The normalized spacial score (nSPS) is 18.9. The number of ketones is 1. The molecule has 1 saturated heterocycles. The number of carbonyl (C=O) groups excluding carboxylic acids is 2. The number of piperidine rings is 1. The maximum absolute atomic E-state index is 15.6. The number of benzene rings is 2. The first kappa shape index (κ1) is 29.5. The number of aliphatic hydroxyl groups excluding tert-OH is 1. The lowest BCUT2D eigenvalue weighted by atomic mass is 9.83. The summed E-state index contributed by atoms with van der Waals surface area (Å²) in [6, 6.07) is 11.1. The van der Waals surface area contributed by atoms with Crippen molar-refractivity contribution >= 4 is 23.2 Å². The molecule has 1 fully saturated rings. The van der Waals surface area contributed by atoms with Gasteiger partial charge < -0.3 is 15.7 Å². The first-order chi connectivity index (χ1) is 20.7. The summed E-state index contributed by atoms with van der Waals surface area (Å²) in [5, 5.41) is 19.1. The summed E-state index contributed by atoms with van der Waals surface area (Å²) in [4.78, 5) is 40.7. The van der Waals surface area contributed by atoms with Crippen molar-refractivity contribution in [2.45, 2.75) is 38.5 Å². The number of hydrogen-bond acceptors (Lipinski definition) is 8. The Hall–Kier alpha value is -4.98. The van der Waals surface area contributed by atoms with E-state index < -0.39 is 23.3 Å². The molecule has 0 saturated carbocycles. The van der Waals surface area contributed by atoms with Crippen molar-refractivity contribution in [3.05, 3.63) is 99.7 Å². The molecule has 9 nitrogen and oxygen atoms in total. The van der Waals surface area contributed by atoms with Crippen LogP contribution in [0.3, 0.4) is 0 Å². The molecular formula is C32H30F2N6O3. The molecular weight excluding hydrogens is 554 g/mol. The molecule has 2 aliphatic rings. The number of nitrogens with zero attached hydrogens (tertiary/aromatic N) is 5. The van der Waals surface area contributed by atoms with E-state index in [-0.39, 0.29) is 45.7 Å². The highest BCUT2D eigenvalue weighted by atomic mass is 19.1. The highest BCUT2D eigenvalue weighted by molar-refractivity contribution is 6.17. The monoisotopic (exact) mass is 584 g/mol. The van der Waals surface area contributed by atoms with E-state index in [9.17, 15) is 24.3 Å². The van der Waals surface area contributed by atoms with Gasteiger partial charge in [-0.05, 0) is 62.8 Å². The Bertz CT molecular complexity index is 1690. The van der Waals surface area contributed by atoms with Crippen LogP contribution >= 0.6 is 0 Å². The molecule has 3 N–H and O–H groups in total. The number of carbonyl (C=O) groups is 2. The van der Waals surface area contributed by atoms with Crippen LogP contribution < -0.4 is 5.73 Å². The van der Waals surface area contributed by atoms with Crippen molar-refractivity contribution < 1.29 is 23.5 Å². The topological polar surface area (TPSA) is 146 Å². The summed E-state index contributed by atoms with van der Waals surface area (Å²) in [7, 11) is 0. The fourth-order valence-electron chi connectivity index (χ4n) is 5.89. The van der Waals surface area contributed by atoms with Crippen molar-refractivity contribution in [1.82, 2.24) is 14.9 Å². The summed E-state index contributed by atoms with van der Waals surface area (Å²) in [6.45, 7) is 2.60. The summed E-state index contributed by atoms with van der Waals surface area (Å²) >= 11 is 0. The number of allylic oxidation sites excluding steroid dienone is 1. The van der Waals surface area contributed by atoms with Crippen LogP contribution in [0.2, 0.25) is 0 Å². The number of anilines is 1. The molecule has 11 heteroatoms. The Morgan fingerprint density at radius 2 is 1.93 bits per heavy atom. The number of halogens is 2. The van der Waals surface area contributed by atoms with E-state index >= 15 is 4.39 Å². The Kier molecular flexibility index (Phi) is 8.57. The maximum atomic E-state index is 15.6. The predicted molar refractivity (Wildman–Crippen MR) is 155 cm³/mol. The molecule has 0 aliphatic carbocycles. The summed E-state index contributed by atoms with van der Waals surface area (Å²) in [5.74, 6) is -2.41. The van der Waals surface area contributed by atoms with Gasteiger partial charge >= 0.3 is 0 Å². The van der Waals surface area contributed by atoms with Gasteiger partial charge in [0, 0.05) is 42.2 Å². The number of likely N-dealkylation sites (tertiary alicyclic amines) is 1. The molecule has 3 heterocycles. The SMILES string of the molecule is C/C(O)=C(/C#N)C(=O)N1CCCC(CC2CCN=C(c3ccc(C(=O)c4cccc(F)c4)cc3F)c3c(N)ncnc32)C1. The number of aliphatic hydroxyl groups is 1. The van der Waals surface area contributed by atoms with Gasteiger partial charge in [0.2, 0.25) is 0 Å². The van der Waals surface area contributed by atoms with Crippen LogP contribution in [0.1, 0.15) is 71.3 Å². The lowest BCUT2D eigenvalue weighted by molar-refractivity contribution is -0.128. The minimum Gasteiger partial charge on any atom is -0.511 e. The largest absolute Gasteiger partial charge is 0.511 e. The third-order valence-electron chi connectivity index (χ3n) is 7.96. The molecule has 1 aromatic heterocycles. The third-order valence-corrected chi connectivity index (χ3v) is 7.96. The lowest BCUT2D eigenvalue weighted by Crippen LogP contribution is -2.41. The lowest BCUT2D eigenvalue weighted by Gasteiger charge is -2.34. The number of nitrogen functional groups attached to an aromatic ring is 1. The van der Waals surface area contributed by atoms with Gasteiger partial charge in [-0.15, -0.1) is 0 Å². The van der Waals surface area contributed by atoms with Crippen molar-refractivity contribution in [2.24, 2.45) is 10.9 Å². The van der Waals surface area contributed by atoms with E-state index in [0.717, 1.165) is 25.0 Å². The number of aromatic nitrogens is 2. The Morgan fingerprint density at radius 1 is 1.14 bits per heavy atom. The first-order valence-corrected chi connectivity index (χ1v) is 14.0. The molecule has 3 aromatic rings. The first-order valence-electron chi connectivity index (χ1n) is 14.0. The van der Waals surface area contributed by atoms with Gasteiger partial charge in [-0.3, -0.25) is 14.6 Å². The predicted octanol–water partition coefficient (Wildman–Crippen LogP) is 4.88. The molecule has 2 atom stereocenters. The zero-order chi connectivity index (χ0) is 30.7. The van der Waals surface area contributed by atoms with E-state index in [1.165, 1.54) is 43.6 Å². The second-order valence-electron chi connectivity index (χ2n) is 10.8. The molecule has 2 aromatic carbocycles. The molecule has 2 aliphatic heterocycles. The molecule has 5 rings (SSSR count). The van der Waals surface area contributed by atoms with Crippen LogP contribution in [0.15, 0.2) is 65.1 Å². The van der Waals surface area contributed by atoms with Gasteiger partial charge in [0.15, 0.2) is 11.4 Å². The number of amides is 1. The molecule has 220 valence electrons. The van der Waals surface area contributed by atoms with Crippen LogP contribution in [0.4, 0.5) is 14.6 Å². The highest BCUT2D eigenvalue weighted by Crippen LogP contribution is 2.37. The summed E-state index contributed by atoms with van der Waals surface area (Å²) in [6.07, 6.45) is 4.24. The van der Waals surface area contributed by atoms with Crippen molar-refractivity contribution in [3.63, 3.8) is 0 Å². The van der Waals surface area contributed by atoms with Crippen molar-refractivity contribution in [1.29, 1.82) is 5.26 Å². The Balaban J connectivity index is 1.41. The zero-order valence-corrected chi connectivity index (χ0v) is 23.6. The fraction of sp³-hybridized carbons (Fsp3) is 0.312. The number of hydrogen-bond donors (Lipinski definition) is 2. The van der Waals surface area contributed by atoms with Crippen LogP contribution in [0.25, 0.3) is 0 Å². The average Bonchev–Trinajstić information content (AvgIpc) is 3.17. The van der Waals surface area contributed by atoms with Gasteiger partial charge in [0.25, 0.3) is 5.91 Å². The number of rotatable bonds is 6. The Morgan fingerprint density at radius 3 is 2.65 bits per heavy atom. The molecule has 43 heavy (non-hydrogen) atoms. The van der Waals surface area contributed by atoms with Gasteiger partial charge in [-0.2, -0.15) is 5.26 Å². The van der Waals surface area contributed by atoms with Gasteiger partial charge in [0.05, 0.1) is 17.0 Å². The van der Waals surface area contributed by atoms with E-state index in [1.807, 2.05) is 0 Å². The molecule has 0 spiro atoms. The van der Waals surface area contributed by atoms with Crippen LogP contribution in [-0.4, -0.2) is 57.0 Å². The zero-order valence-electron chi connectivity index (χ0n) is 23.6. The number of nitriles is 1. The van der Waals surface area contributed by atoms with E-state index in [2.05, 4.69) is 15.0 Å². The molecule has 0 radical (unpaired) electrons. The number of aliphatic imine (C=N–C) groups is 1. The smallest absolute Gasteiger partial charge is 0.267 e. The quantitative estimate of drug-likeness (QED) is 0.182. The fourth-order valence-corrected chi connectivity index (χ4v) is 5.89.